The van der Waals surface area contributed by atoms with E-state index in [1.54, 1.807) is 30.3 Å². The summed E-state index contributed by atoms with van der Waals surface area (Å²) in [5, 5.41) is 20.4. The lowest BCUT2D eigenvalue weighted by atomic mass is 9.85. The second kappa shape index (κ2) is 9.70. The average molecular weight is 457 g/mol. The Morgan fingerprint density at radius 2 is 1.72 bits per heavy atom. The number of para-hydroxylation sites is 1. The molecule has 0 bridgehead atoms. The Kier molecular flexibility index (Phi) is 7.00. The van der Waals surface area contributed by atoms with E-state index < -0.39 is 41.7 Å². The van der Waals surface area contributed by atoms with Crippen molar-refractivity contribution in [2.75, 3.05) is 6.61 Å². The molecule has 0 aliphatic heterocycles. The molecule has 2 aromatic rings. The van der Waals surface area contributed by atoms with Crippen LogP contribution in [0.2, 0.25) is 5.02 Å². The summed E-state index contributed by atoms with van der Waals surface area (Å²) in [6.07, 6.45) is 1.80. The van der Waals surface area contributed by atoms with Gasteiger partial charge in [-0.3, -0.25) is 9.59 Å². The number of fused-ring (bicyclic) bond motifs is 1. The molecule has 0 fully saturated rings. The van der Waals surface area contributed by atoms with Crippen molar-refractivity contribution in [2.24, 2.45) is 0 Å². The van der Waals surface area contributed by atoms with Crippen molar-refractivity contribution in [1.29, 1.82) is 0 Å². The van der Waals surface area contributed by atoms with Gasteiger partial charge in [0.25, 0.3) is 0 Å². The van der Waals surface area contributed by atoms with Gasteiger partial charge in [-0.1, -0.05) is 35.4 Å². The van der Waals surface area contributed by atoms with Crippen LogP contribution in [0.15, 0.2) is 59.7 Å². The molecule has 1 atom stereocenters. The molecule has 0 spiro atoms. The van der Waals surface area contributed by atoms with Crippen LogP contribution in [0.25, 0.3) is 0 Å². The zero-order valence-electron chi connectivity index (χ0n) is 17.4. The maximum atomic E-state index is 13.1. The van der Waals surface area contributed by atoms with Crippen molar-refractivity contribution in [1.82, 2.24) is 0 Å². The molecule has 166 valence electrons. The molecular weight excluding hydrogens is 436 g/mol. The van der Waals surface area contributed by atoms with E-state index in [-0.39, 0.29) is 23.1 Å². The zero-order valence-corrected chi connectivity index (χ0v) is 18.2. The van der Waals surface area contributed by atoms with Crippen molar-refractivity contribution in [3.8, 4) is 17.2 Å². The molecule has 2 N–H and O–H groups in total. The fraction of sp³-hybridized carbons (Fsp3) is 0.208. The van der Waals surface area contributed by atoms with Gasteiger partial charge < -0.3 is 19.7 Å². The van der Waals surface area contributed by atoms with Crippen LogP contribution in [0.4, 0.5) is 0 Å². The molecular formula is C24H21ClO7. The molecule has 1 aliphatic carbocycles. The van der Waals surface area contributed by atoms with E-state index >= 15 is 0 Å². The maximum absolute atomic E-state index is 13.1. The number of ketones is 2. The van der Waals surface area contributed by atoms with E-state index in [2.05, 4.69) is 0 Å². The summed E-state index contributed by atoms with van der Waals surface area (Å²) in [7, 11) is 0. The number of Topliss-reactive ketones (excluding diaryl/α,β-unsaturated/α-hetero) is 1. The third kappa shape index (κ3) is 5.00. The van der Waals surface area contributed by atoms with Gasteiger partial charge in [-0.25, -0.2) is 4.79 Å². The molecule has 0 saturated heterocycles. The third-order valence-electron chi connectivity index (χ3n) is 4.73. The fourth-order valence-electron chi connectivity index (χ4n) is 3.19. The second-order valence-corrected chi connectivity index (χ2v) is 7.77. The minimum Gasteiger partial charge on any atom is -0.507 e. The SMILES string of the molecule is CC(C)=CC[C@@H](OC(=O)COc1ccccc1Cl)C1=CC(=O)c2c(O)ccc(O)c2C1=O. The normalized spacial score (nSPS) is 13.7. The number of halogens is 1. The number of allylic oxidation sites excluding steroid dienone is 2. The number of benzene rings is 2. The van der Waals surface area contributed by atoms with Gasteiger partial charge in [-0.15, -0.1) is 0 Å². The predicted molar refractivity (Wildman–Crippen MR) is 117 cm³/mol. The fourth-order valence-corrected chi connectivity index (χ4v) is 3.39. The van der Waals surface area contributed by atoms with Gasteiger partial charge in [0.1, 0.15) is 23.4 Å². The Bertz CT molecular complexity index is 1140. The minimum atomic E-state index is -1.10. The highest BCUT2D eigenvalue weighted by Crippen LogP contribution is 2.36. The Hall–Kier alpha value is -3.58. The monoisotopic (exact) mass is 456 g/mol. The van der Waals surface area contributed by atoms with Crippen LogP contribution >= 0.6 is 11.6 Å². The summed E-state index contributed by atoms with van der Waals surface area (Å²) in [6, 6.07) is 8.86. The number of aromatic hydroxyl groups is 2. The number of carbonyl (C=O) groups excluding carboxylic acids is 3. The van der Waals surface area contributed by atoms with Crippen molar-refractivity contribution >= 4 is 29.1 Å². The van der Waals surface area contributed by atoms with Gasteiger partial charge in [0, 0.05) is 12.0 Å². The Labute approximate surface area is 189 Å². The summed E-state index contributed by atoms with van der Waals surface area (Å²) in [5.74, 6) is -2.73. The lowest BCUT2D eigenvalue weighted by Gasteiger charge is -2.23. The molecule has 0 unspecified atom stereocenters. The second-order valence-electron chi connectivity index (χ2n) is 7.36. The van der Waals surface area contributed by atoms with Crippen molar-refractivity contribution in [3.63, 3.8) is 0 Å². The van der Waals surface area contributed by atoms with Gasteiger partial charge in [0.2, 0.25) is 0 Å². The van der Waals surface area contributed by atoms with Crippen LogP contribution in [0.3, 0.4) is 0 Å². The van der Waals surface area contributed by atoms with E-state index in [0.29, 0.717) is 10.8 Å². The van der Waals surface area contributed by atoms with Gasteiger partial charge in [-0.2, -0.15) is 0 Å². The minimum absolute atomic E-state index is 0.105. The van der Waals surface area contributed by atoms with E-state index in [0.717, 1.165) is 23.8 Å². The van der Waals surface area contributed by atoms with E-state index in [1.165, 1.54) is 0 Å². The summed E-state index contributed by atoms with van der Waals surface area (Å²) in [4.78, 5) is 38.1. The van der Waals surface area contributed by atoms with Crippen molar-refractivity contribution in [2.45, 2.75) is 26.4 Å². The van der Waals surface area contributed by atoms with Gasteiger partial charge in [-0.05, 0) is 44.2 Å². The number of carbonyl (C=O) groups is 3. The molecule has 8 heteroatoms. The summed E-state index contributed by atoms with van der Waals surface area (Å²) >= 11 is 6.01. The number of rotatable bonds is 7. The van der Waals surface area contributed by atoms with E-state index in [9.17, 15) is 24.6 Å². The Morgan fingerprint density at radius 3 is 2.38 bits per heavy atom. The van der Waals surface area contributed by atoms with E-state index in [4.69, 9.17) is 21.1 Å². The predicted octanol–water partition coefficient (Wildman–Crippen LogP) is 4.40. The standard InChI is InChI=1S/C24H21ClO7/c1-13(2)7-10-19(32-21(29)12-31-20-6-4-3-5-15(20)25)14-11-18(28)22-16(26)8-9-17(27)23(22)24(14)30/h3-9,11,19,26-27H,10,12H2,1-2H3/t19-/m1/s1. The quantitative estimate of drug-likeness (QED) is 0.361. The lowest BCUT2D eigenvalue weighted by molar-refractivity contribution is -0.149. The largest absolute Gasteiger partial charge is 0.507 e. The summed E-state index contributed by atoms with van der Waals surface area (Å²) in [6.45, 7) is 3.20. The molecule has 0 saturated carbocycles. The first-order valence-corrected chi connectivity index (χ1v) is 10.1. The zero-order chi connectivity index (χ0) is 23.4. The molecule has 0 aromatic heterocycles. The average Bonchev–Trinajstić information content (AvgIpc) is 2.74. The van der Waals surface area contributed by atoms with Crippen LogP contribution in [-0.4, -0.2) is 40.5 Å². The van der Waals surface area contributed by atoms with Gasteiger partial charge in [0.15, 0.2) is 18.2 Å². The van der Waals surface area contributed by atoms with Crippen LogP contribution < -0.4 is 4.74 Å². The van der Waals surface area contributed by atoms with E-state index in [1.807, 2.05) is 13.8 Å². The molecule has 0 heterocycles. The highest BCUT2D eigenvalue weighted by atomic mass is 35.5. The molecule has 0 amide bonds. The molecule has 3 rings (SSSR count). The molecule has 32 heavy (non-hydrogen) atoms. The smallest absolute Gasteiger partial charge is 0.344 e. The first-order valence-electron chi connectivity index (χ1n) is 9.74. The Morgan fingerprint density at radius 1 is 1.06 bits per heavy atom. The number of esters is 1. The van der Waals surface area contributed by atoms with Gasteiger partial charge >= 0.3 is 5.97 Å². The third-order valence-corrected chi connectivity index (χ3v) is 5.04. The maximum Gasteiger partial charge on any atom is 0.344 e. The van der Waals surface area contributed by atoms with Crippen LogP contribution in [0.5, 0.6) is 17.2 Å². The number of ether oxygens (including phenoxy) is 2. The number of hydrogen-bond acceptors (Lipinski definition) is 7. The molecule has 7 nitrogen and oxygen atoms in total. The van der Waals surface area contributed by atoms with Crippen molar-refractivity contribution in [3.05, 3.63) is 75.8 Å². The highest BCUT2D eigenvalue weighted by Gasteiger charge is 2.35. The first kappa shape index (κ1) is 23.1. The molecule has 1 aliphatic rings. The number of phenols is 2. The lowest BCUT2D eigenvalue weighted by Crippen LogP contribution is -2.30. The Balaban J connectivity index is 1.85. The first-order chi connectivity index (χ1) is 15.2. The molecule has 2 aromatic carbocycles. The van der Waals surface area contributed by atoms with Crippen LogP contribution in [-0.2, 0) is 9.53 Å². The summed E-state index contributed by atoms with van der Waals surface area (Å²) in [5.41, 5.74) is 0.201. The van der Waals surface area contributed by atoms with Gasteiger partial charge in [0.05, 0.1) is 16.1 Å². The van der Waals surface area contributed by atoms with Crippen molar-refractivity contribution < 1.29 is 34.1 Å². The number of hydrogen-bond donors (Lipinski definition) is 2. The number of phenolic OH excluding ortho intramolecular Hbond substituents is 2. The highest BCUT2D eigenvalue weighted by molar-refractivity contribution is 6.32. The topological polar surface area (TPSA) is 110 Å². The summed E-state index contributed by atoms with van der Waals surface area (Å²) < 4.78 is 10.9. The molecule has 0 radical (unpaired) electrons. The van der Waals surface area contributed by atoms with Crippen LogP contribution in [0.1, 0.15) is 41.0 Å². The van der Waals surface area contributed by atoms with Crippen LogP contribution in [0, 0.1) is 0 Å².